The summed E-state index contributed by atoms with van der Waals surface area (Å²) in [6, 6.07) is 7.88. The number of pyridine rings is 1. The molecule has 2 aromatic heterocycles. The molecular weight excluding hydrogens is 287 g/mol. The molecule has 0 aliphatic carbocycles. The molecule has 0 bridgehead atoms. The Labute approximate surface area is 126 Å². The third-order valence-electron chi connectivity index (χ3n) is 3.38. The van der Waals surface area contributed by atoms with Crippen molar-refractivity contribution >= 4 is 11.0 Å². The van der Waals surface area contributed by atoms with Gasteiger partial charge in [0, 0.05) is 24.9 Å². The smallest absolute Gasteiger partial charge is 0.200 e. The van der Waals surface area contributed by atoms with Crippen molar-refractivity contribution in [2.24, 2.45) is 0 Å². The molecule has 1 atom stereocenters. The van der Waals surface area contributed by atoms with Gasteiger partial charge in [0.15, 0.2) is 12.2 Å². The van der Waals surface area contributed by atoms with E-state index in [9.17, 15) is 9.50 Å². The monoisotopic (exact) mass is 302 g/mol. The van der Waals surface area contributed by atoms with E-state index in [0.29, 0.717) is 33.8 Å². The number of aromatic nitrogens is 2. The van der Waals surface area contributed by atoms with Gasteiger partial charge in [0.05, 0.1) is 11.0 Å². The number of methoxy groups -OCH3 is 1. The Morgan fingerprint density at radius 3 is 2.82 bits per heavy atom. The minimum absolute atomic E-state index is 0.281. The van der Waals surface area contributed by atoms with Gasteiger partial charge < -0.3 is 19.6 Å². The number of aliphatic hydroxyl groups is 1. The quantitative estimate of drug-likeness (QED) is 0.724. The van der Waals surface area contributed by atoms with Gasteiger partial charge >= 0.3 is 0 Å². The number of halogens is 1. The lowest BCUT2D eigenvalue weighted by molar-refractivity contribution is -0.0760. The van der Waals surface area contributed by atoms with Crippen LogP contribution in [0.2, 0.25) is 0 Å². The second-order valence-corrected chi connectivity index (χ2v) is 4.90. The molecule has 5 nitrogen and oxygen atoms in total. The number of rotatable bonds is 4. The van der Waals surface area contributed by atoms with Crippen LogP contribution in [-0.2, 0) is 4.74 Å². The minimum atomic E-state index is -1.05. The highest BCUT2D eigenvalue weighted by molar-refractivity contribution is 5.80. The van der Waals surface area contributed by atoms with E-state index in [4.69, 9.17) is 9.47 Å². The van der Waals surface area contributed by atoms with Gasteiger partial charge in [-0.2, -0.15) is 0 Å². The molecule has 1 aromatic carbocycles. The number of ether oxygens (including phenoxy) is 2. The van der Waals surface area contributed by atoms with Crippen LogP contribution in [0.15, 0.2) is 36.5 Å². The third-order valence-corrected chi connectivity index (χ3v) is 3.38. The molecule has 0 aliphatic rings. The molecular formula is C16H15FN2O3. The van der Waals surface area contributed by atoms with Crippen LogP contribution >= 0.6 is 0 Å². The van der Waals surface area contributed by atoms with Gasteiger partial charge in [0.25, 0.3) is 0 Å². The van der Waals surface area contributed by atoms with Crippen molar-refractivity contribution in [2.45, 2.75) is 13.2 Å². The minimum Gasteiger partial charge on any atom is -0.441 e. The SMILES string of the molecule is COC(O)c1ccnc2cc(Oc3ccc(F)c(C)c3)[nH]c12. The fourth-order valence-electron chi connectivity index (χ4n) is 2.22. The fraction of sp³-hybridized carbons (Fsp3) is 0.188. The Morgan fingerprint density at radius 1 is 1.27 bits per heavy atom. The second-order valence-electron chi connectivity index (χ2n) is 4.90. The number of nitrogens with zero attached hydrogens (tertiary/aromatic N) is 1. The Morgan fingerprint density at radius 2 is 2.09 bits per heavy atom. The first-order valence-corrected chi connectivity index (χ1v) is 6.71. The van der Waals surface area contributed by atoms with Gasteiger partial charge in [0.2, 0.25) is 0 Å². The van der Waals surface area contributed by atoms with Crippen molar-refractivity contribution in [1.82, 2.24) is 9.97 Å². The number of hydrogen-bond donors (Lipinski definition) is 2. The van der Waals surface area contributed by atoms with E-state index in [2.05, 4.69) is 9.97 Å². The number of aryl methyl sites for hydroxylation is 1. The number of fused-ring (bicyclic) bond motifs is 1. The van der Waals surface area contributed by atoms with Crippen LogP contribution in [0.25, 0.3) is 11.0 Å². The van der Waals surface area contributed by atoms with Crippen molar-refractivity contribution in [2.75, 3.05) is 7.11 Å². The molecule has 114 valence electrons. The molecule has 1 unspecified atom stereocenters. The molecule has 0 aliphatic heterocycles. The van der Waals surface area contributed by atoms with Gasteiger partial charge in [-0.3, -0.25) is 4.98 Å². The number of aliphatic hydroxyl groups excluding tert-OH is 1. The molecule has 0 fully saturated rings. The molecule has 0 saturated carbocycles. The Kier molecular flexibility index (Phi) is 3.79. The van der Waals surface area contributed by atoms with Gasteiger partial charge in [-0.25, -0.2) is 4.39 Å². The van der Waals surface area contributed by atoms with Crippen molar-refractivity contribution < 1.29 is 19.0 Å². The van der Waals surface area contributed by atoms with Crippen molar-refractivity contribution in [1.29, 1.82) is 0 Å². The lowest BCUT2D eigenvalue weighted by atomic mass is 10.2. The summed E-state index contributed by atoms with van der Waals surface area (Å²) in [7, 11) is 1.42. The van der Waals surface area contributed by atoms with E-state index in [1.165, 1.54) is 13.2 Å². The molecule has 0 amide bonds. The molecule has 3 aromatic rings. The van der Waals surface area contributed by atoms with E-state index in [1.54, 1.807) is 37.4 Å². The number of hydrogen-bond acceptors (Lipinski definition) is 4. The first-order chi connectivity index (χ1) is 10.6. The fourth-order valence-corrected chi connectivity index (χ4v) is 2.22. The molecule has 0 radical (unpaired) electrons. The lowest BCUT2D eigenvalue weighted by Gasteiger charge is -2.09. The number of aromatic amines is 1. The largest absolute Gasteiger partial charge is 0.441 e. The normalized spacial score (nSPS) is 12.5. The molecule has 2 N–H and O–H groups in total. The van der Waals surface area contributed by atoms with Crippen LogP contribution in [0.1, 0.15) is 17.4 Å². The Balaban J connectivity index is 1.96. The average molecular weight is 302 g/mol. The van der Waals surface area contributed by atoms with Gasteiger partial charge in [-0.15, -0.1) is 0 Å². The predicted molar refractivity (Wildman–Crippen MR) is 79.3 cm³/mol. The summed E-state index contributed by atoms with van der Waals surface area (Å²) in [4.78, 5) is 7.26. The molecule has 0 saturated heterocycles. The zero-order chi connectivity index (χ0) is 15.7. The summed E-state index contributed by atoms with van der Waals surface area (Å²) in [5, 5.41) is 9.84. The second kappa shape index (κ2) is 5.75. The molecule has 3 rings (SSSR count). The highest BCUT2D eigenvalue weighted by Crippen LogP contribution is 2.29. The summed E-state index contributed by atoms with van der Waals surface area (Å²) in [6.07, 6.45) is 0.532. The highest BCUT2D eigenvalue weighted by Gasteiger charge is 2.14. The number of nitrogens with one attached hydrogen (secondary N) is 1. The van der Waals surface area contributed by atoms with E-state index in [1.807, 2.05) is 0 Å². The highest BCUT2D eigenvalue weighted by atomic mass is 19.1. The van der Waals surface area contributed by atoms with Crippen LogP contribution in [0, 0.1) is 12.7 Å². The predicted octanol–water partition coefficient (Wildman–Crippen LogP) is 3.44. The average Bonchev–Trinajstić information content (AvgIpc) is 2.92. The Bertz CT molecular complexity index is 816. The Hall–Kier alpha value is -2.44. The first-order valence-electron chi connectivity index (χ1n) is 6.71. The number of H-pyrrole nitrogens is 1. The maximum absolute atomic E-state index is 13.3. The lowest BCUT2D eigenvalue weighted by Crippen LogP contribution is -2.00. The summed E-state index contributed by atoms with van der Waals surface area (Å²) < 4.78 is 23.9. The zero-order valence-electron chi connectivity index (χ0n) is 12.1. The summed E-state index contributed by atoms with van der Waals surface area (Å²) in [6.45, 7) is 1.67. The maximum Gasteiger partial charge on any atom is 0.200 e. The first kappa shape index (κ1) is 14.5. The summed E-state index contributed by atoms with van der Waals surface area (Å²) in [5.74, 6) is 0.680. The summed E-state index contributed by atoms with van der Waals surface area (Å²) in [5.41, 5.74) is 2.34. The zero-order valence-corrected chi connectivity index (χ0v) is 12.1. The van der Waals surface area contributed by atoms with E-state index in [0.717, 1.165) is 0 Å². The molecule has 6 heteroatoms. The standard InChI is InChI=1S/C16H15FN2O3/c1-9-7-10(3-4-12(9)17)22-14-8-13-15(19-14)11(5-6-18-13)16(20)21-2/h3-8,16,19-20H,1-2H3. The maximum atomic E-state index is 13.3. The van der Waals surface area contributed by atoms with E-state index < -0.39 is 6.29 Å². The van der Waals surface area contributed by atoms with Gasteiger partial charge in [-0.1, -0.05) is 0 Å². The van der Waals surface area contributed by atoms with Crippen molar-refractivity contribution in [3.05, 3.63) is 53.5 Å². The van der Waals surface area contributed by atoms with Gasteiger partial charge in [0.1, 0.15) is 11.6 Å². The van der Waals surface area contributed by atoms with Gasteiger partial charge in [-0.05, 0) is 36.8 Å². The van der Waals surface area contributed by atoms with Crippen LogP contribution < -0.4 is 4.74 Å². The third kappa shape index (κ3) is 2.66. The number of benzene rings is 1. The molecule has 0 spiro atoms. The van der Waals surface area contributed by atoms with Crippen LogP contribution in [0.5, 0.6) is 11.6 Å². The van der Waals surface area contributed by atoms with Crippen LogP contribution in [-0.4, -0.2) is 22.2 Å². The van der Waals surface area contributed by atoms with E-state index in [-0.39, 0.29) is 5.82 Å². The van der Waals surface area contributed by atoms with Crippen molar-refractivity contribution in [3.8, 4) is 11.6 Å². The molecule has 22 heavy (non-hydrogen) atoms. The topological polar surface area (TPSA) is 67.4 Å². The van der Waals surface area contributed by atoms with Crippen LogP contribution in [0.4, 0.5) is 4.39 Å². The summed E-state index contributed by atoms with van der Waals surface area (Å²) >= 11 is 0. The van der Waals surface area contributed by atoms with Crippen molar-refractivity contribution in [3.63, 3.8) is 0 Å². The van der Waals surface area contributed by atoms with Crippen LogP contribution in [0.3, 0.4) is 0 Å². The van der Waals surface area contributed by atoms with E-state index >= 15 is 0 Å². The molecule has 2 heterocycles.